The molecule has 2 amide bonds. The molecule has 19 heavy (non-hydrogen) atoms. The summed E-state index contributed by atoms with van der Waals surface area (Å²) >= 11 is 0. The number of hydrogen-bond donors (Lipinski definition) is 0. The molecule has 0 saturated carbocycles. The summed E-state index contributed by atoms with van der Waals surface area (Å²) in [6, 6.07) is 5.59. The van der Waals surface area contributed by atoms with E-state index in [0.717, 1.165) is 23.3 Å². The van der Waals surface area contributed by atoms with Crippen LogP contribution in [-0.4, -0.2) is 36.5 Å². The highest BCUT2D eigenvalue weighted by Crippen LogP contribution is 2.31. The number of carbonyl (C=O) groups is 1. The van der Waals surface area contributed by atoms with E-state index in [1.54, 1.807) is 19.1 Å². The smallest absolute Gasteiger partial charge is 0.333 e. The van der Waals surface area contributed by atoms with E-state index < -0.39 is 0 Å². The fourth-order valence-electron chi connectivity index (χ4n) is 2.39. The number of likely N-dealkylation sites (N-methyl/N-ethyl adjacent to an activating group) is 1. The summed E-state index contributed by atoms with van der Waals surface area (Å²) < 4.78 is 5.30. The summed E-state index contributed by atoms with van der Waals surface area (Å²) in [4.78, 5) is 14.6. The summed E-state index contributed by atoms with van der Waals surface area (Å²) in [6.07, 6.45) is 2.78. The van der Waals surface area contributed by atoms with Crippen LogP contribution in [0.2, 0.25) is 0 Å². The molecular weight excluding hydrogens is 242 g/mol. The molecule has 100 valence electrons. The molecule has 2 rings (SSSR count). The van der Waals surface area contributed by atoms with E-state index in [-0.39, 0.29) is 12.1 Å². The Morgan fingerprint density at radius 2 is 2.26 bits per heavy atom. The average molecular weight is 259 g/mol. The molecule has 0 bridgehead atoms. The fraction of sp³-hybridized carbons (Fsp3) is 0.429. The standard InChI is InChI=1S/C14H17N3O2/c1-4-10-7-11(5-6-13(10)19-3)12-8-17(9-15)14(18)16(12)2/h5-7,12H,4,8H2,1-3H3. The van der Waals surface area contributed by atoms with Gasteiger partial charge in [-0.25, -0.2) is 9.69 Å². The van der Waals surface area contributed by atoms with Crippen molar-refractivity contribution in [1.29, 1.82) is 5.26 Å². The molecule has 5 nitrogen and oxygen atoms in total. The number of urea groups is 1. The molecule has 1 aliphatic heterocycles. The molecule has 0 aliphatic carbocycles. The molecule has 1 aromatic carbocycles. The third-order valence-corrected chi connectivity index (χ3v) is 3.55. The number of nitriles is 1. The van der Waals surface area contributed by atoms with Gasteiger partial charge >= 0.3 is 6.03 Å². The van der Waals surface area contributed by atoms with Crippen molar-refractivity contribution in [1.82, 2.24) is 9.80 Å². The molecule has 0 aromatic heterocycles. The number of hydrogen-bond acceptors (Lipinski definition) is 3. The maximum atomic E-state index is 11.8. The predicted molar refractivity (Wildman–Crippen MR) is 70.6 cm³/mol. The van der Waals surface area contributed by atoms with Crippen LogP contribution in [0.4, 0.5) is 4.79 Å². The number of methoxy groups -OCH3 is 1. The number of nitrogens with zero attached hydrogens (tertiary/aromatic N) is 3. The molecular formula is C14H17N3O2. The summed E-state index contributed by atoms with van der Waals surface area (Å²) in [6.45, 7) is 2.47. The van der Waals surface area contributed by atoms with Gasteiger partial charge < -0.3 is 9.64 Å². The zero-order valence-electron chi connectivity index (χ0n) is 11.4. The third-order valence-electron chi connectivity index (χ3n) is 3.55. The van der Waals surface area contributed by atoms with Gasteiger partial charge in [0, 0.05) is 7.05 Å². The minimum absolute atomic E-state index is 0.0802. The molecule has 0 radical (unpaired) electrons. The van der Waals surface area contributed by atoms with Crippen molar-refractivity contribution in [3.63, 3.8) is 0 Å². The van der Waals surface area contributed by atoms with Crippen LogP contribution in [0, 0.1) is 11.5 Å². The highest BCUT2D eigenvalue weighted by Gasteiger charge is 2.35. The third kappa shape index (κ3) is 2.22. The molecule has 1 aromatic rings. The van der Waals surface area contributed by atoms with Gasteiger partial charge in [0.25, 0.3) is 0 Å². The van der Waals surface area contributed by atoms with Crippen molar-refractivity contribution in [2.45, 2.75) is 19.4 Å². The van der Waals surface area contributed by atoms with E-state index in [0.29, 0.717) is 6.54 Å². The minimum atomic E-state index is -0.249. The number of aryl methyl sites for hydroxylation is 1. The van der Waals surface area contributed by atoms with E-state index >= 15 is 0 Å². The second-order valence-corrected chi connectivity index (χ2v) is 4.54. The Bertz CT molecular complexity index is 536. The Balaban J connectivity index is 2.33. The quantitative estimate of drug-likeness (QED) is 0.781. The molecule has 5 heteroatoms. The normalized spacial score (nSPS) is 18.6. The van der Waals surface area contributed by atoms with Crippen LogP contribution < -0.4 is 4.74 Å². The Morgan fingerprint density at radius 1 is 1.53 bits per heavy atom. The van der Waals surface area contributed by atoms with Crippen LogP contribution in [0.1, 0.15) is 24.1 Å². The van der Waals surface area contributed by atoms with Crippen LogP contribution in [0.5, 0.6) is 5.75 Å². The van der Waals surface area contributed by atoms with Gasteiger partial charge in [0.2, 0.25) is 0 Å². The van der Waals surface area contributed by atoms with Crippen LogP contribution >= 0.6 is 0 Å². The molecule has 0 spiro atoms. The van der Waals surface area contributed by atoms with E-state index in [9.17, 15) is 4.79 Å². The molecule has 1 saturated heterocycles. The van der Waals surface area contributed by atoms with Crippen LogP contribution in [0.15, 0.2) is 18.2 Å². The van der Waals surface area contributed by atoms with Crippen LogP contribution in [0.25, 0.3) is 0 Å². The maximum Gasteiger partial charge on any atom is 0.333 e. The first-order chi connectivity index (χ1) is 9.12. The second kappa shape index (κ2) is 5.19. The summed E-state index contributed by atoms with van der Waals surface area (Å²) in [7, 11) is 3.37. The summed E-state index contributed by atoms with van der Waals surface area (Å²) in [5.74, 6) is 0.857. The SMILES string of the molecule is CCc1cc(C2CN(C#N)C(=O)N2C)ccc1OC. The Kier molecular flexibility index (Phi) is 3.61. The number of benzene rings is 1. The lowest BCUT2D eigenvalue weighted by atomic mass is 10.0. The number of carbonyl (C=O) groups excluding carboxylic acids is 1. The summed E-state index contributed by atoms with van der Waals surface area (Å²) in [5.41, 5.74) is 2.14. The van der Waals surface area contributed by atoms with Crippen molar-refractivity contribution >= 4 is 6.03 Å². The largest absolute Gasteiger partial charge is 0.496 e. The molecule has 1 fully saturated rings. The van der Waals surface area contributed by atoms with Gasteiger partial charge in [0.1, 0.15) is 5.75 Å². The van der Waals surface area contributed by atoms with Gasteiger partial charge in [-0.15, -0.1) is 0 Å². The molecule has 1 unspecified atom stereocenters. The Morgan fingerprint density at radius 3 is 2.79 bits per heavy atom. The van der Waals surface area contributed by atoms with Crippen molar-refractivity contribution in [2.75, 3.05) is 20.7 Å². The van der Waals surface area contributed by atoms with Crippen molar-refractivity contribution < 1.29 is 9.53 Å². The fourth-order valence-corrected chi connectivity index (χ4v) is 2.39. The van der Waals surface area contributed by atoms with E-state index in [2.05, 4.69) is 6.92 Å². The van der Waals surface area contributed by atoms with Crippen molar-refractivity contribution in [3.8, 4) is 11.9 Å². The zero-order valence-corrected chi connectivity index (χ0v) is 11.4. The first-order valence-electron chi connectivity index (χ1n) is 6.23. The van der Waals surface area contributed by atoms with Crippen molar-refractivity contribution in [2.24, 2.45) is 0 Å². The first kappa shape index (κ1) is 13.2. The number of amides is 2. The highest BCUT2D eigenvalue weighted by molar-refractivity contribution is 5.78. The van der Waals surface area contributed by atoms with Gasteiger partial charge in [-0.05, 0) is 29.7 Å². The Hall–Kier alpha value is -2.22. The van der Waals surface area contributed by atoms with Gasteiger partial charge in [-0.3, -0.25) is 0 Å². The number of ether oxygens (including phenoxy) is 1. The van der Waals surface area contributed by atoms with Gasteiger partial charge in [0.05, 0.1) is 19.7 Å². The minimum Gasteiger partial charge on any atom is -0.496 e. The zero-order chi connectivity index (χ0) is 14.0. The number of rotatable bonds is 3. The lowest BCUT2D eigenvalue weighted by Gasteiger charge is -2.19. The molecule has 1 aliphatic rings. The van der Waals surface area contributed by atoms with Crippen molar-refractivity contribution in [3.05, 3.63) is 29.3 Å². The second-order valence-electron chi connectivity index (χ2n) is 4.54. The topological polar surface area (TPSA) is 56.6 Å². The van der Waals surface area contributed by atoms with Gasteiger partial charge in [-0.2, -0.15) is 5.26 Å². The van der Waals surface area contributed by atoms with E-state index in [4.69, 9.17) is 10.00 Å². The Labute approximate surface area is 113 Å². The van der Waals surface area contributed by atoms with Gasteiger partial charge in [-0.1, -0.05) is 13.0 Å². The van der Waals surface area contributed by atoms with Crippen LogP contribution in [-0.2, 0) is 6.42 Å². The van der Waals surface area contributed by atoms with E-state index in [1.807, 2.05) is 24.4 Å². The van der Waals surface area contributed by atoms with Gasteiger partial charge in [0.15, 0.2) is 6.19 Å². The highest BCUT2D eigenvalue weighted by atomic mass is 16.5. The predicted octanol–water partition coefficient (Wildman–Crippen LogP) is 2.15. The average Bonchev–Trinajstić information content (AvgIpc) is 2.74. The monoisotopic (exact) mass is 259 g/mol. The molecule has 0 N–H and O–H groups in total. The summed E-state index contributed by atoms with van der Waals surface area (Å²) in [5, 5.41) is 8.91. The lowest BCUT2D eigenvalue weighted by molar-refractivity contribution is 0.205. The van der Waals surface area contributed by atoms with Crippen LogP contribution in [0.3, 0.4) is 0 Å². The lowest BCUT2D eigenvalue weighted by Crippen LogP contribution is -2.26. The maximum absolute atomic E-state index is 11.8. The van der Waals surface area contributed by atoms with E-state index in [1.165, 1.54) is 4.90 Å². The molecule has 1 heterocycles. The molecule has 1 atom stereocenters. The first-order valence-corrected chi connectivity index (χ1v) is 6.23.